The van der Waals surface area contributed by atoms with Crippen molar-refractivity contribution in [3.8, 4) is 0 Å². The molecule has 1 aromatic carbocycles. The van der Waals surface area contributed by atoms with E-state index in [-0.39, 0.29) is 12.4 Å². The Kier molecular flexibility index (Phi) is 4.89. The summed E-state index contributed by atoms with van der Waals surface area (Å²) in [6.07, 6.45) is 1.98. The lowest BCUT2D eigenvalue weighted by molar-refractivity contribution is 0.0398. The van der Waals surface area contributed by atoms with Gasteiger partial charge in [-0.2, -0.15) is 0 Å². The van der Waals surface area contributed by atoms with Crippen molar-refractivity contribution in [1.82, 2.24) is 0 Å². The lowest BCUT2D eigenvalue weighted by Crippen LogP contribution is -2.39. The molecule has 1 unspecified atom stereocenters. The molecule has 90 valence electrons. The maximum atomic E-state index is 13.0. The van der Waals surface area contributed by atoms with Crippen LogP contribution < -0.4 is 5.73 Å². The molecule has 1 rings (SSSR count). The molecular formula is C12H17BrFNO. The minimum Gasteiger partial charge on any atom is -0.388 e. The summed E-state index contributed by atoms with van der Waals surface area (Å²) in [6, 6.07) is 4.75. The normalized spacial score (nSPS) is 14.8. The molecule has 0 aliphatic rings. The Balaban J connectivity index is 2.81. The molecule has 0 bridgehead atoms. The molecule has 2 nitrogen and oxygen atoms in total. The first kappa shape index (κ1) is 13.6. The number of benzene rings is 1. The van der Waals surface area contributed by atoms with E-state index in [0.29, 0.717) is 17.3 Å². The van der Waals surface area contributed by atoms with Gasteiger partial charge in [-0.25, -0.2) is 4.39 Å². The average molecular weight is 290 g/mol. The van der Waals surface area contributed by atoms with Crippen molar-refractivity contribution < 1.29 is 9.50 Å². The van der Waals surface area contributed by atoms with Gasteiger partial charge < -0.3 is 10.8 Å². The second-order valence-corrected chi connectivity index (χ2v) is 4.96. The van der Waals surface area contributed by atoms with Crippen molar-refractivity contribution in [2.75, 3.05) is 6.54 Å². The van der Waals surface area contributed by atoms with Crippen LogP contribution in [0.2, 0.25) is 0 Å². The molecule has 0 saturated heterocycles. The van der Waals surface area contributed by atoms with Gasteiger partial charge in [0.1, 0.15) is 5.82 Å². The van der Waals surface area contributed by atoms with Crippen LogP contribution in [-0.2, 0) is 6.42 Å². The van der Waals surface area contributed by atoms with Crippen LogP contribution in [0.25, 0.3) is 0 Å². The topological polar surface area (TPSA) is 46.2 Å². The molecular weight excluding hydrogens is 273 g/mol. The van der Waals surface area contributed by atoms with Crippen LogP contribution in [0.3, 0.4) is 0 Å². The van der Waals surface area contributed by atoms with Gasteiger partial charge in [-0.15, -0.1) is 0 Å². The number of aliphatic hydroxyl groups is 1. The molecule has 0 fully saturated rings. The number of nitrogens with two attached hydrogens (primary N) is 1. The van der Waals surface area contributed by atoms with Crippen molar-refractivity contribution in [3.05, 3.63) is 34.1 Å². The molecule has 0 aliphatic heterocycles. The zero-order chi connectivity index (χ0) is 12.2. The van der Waals surface area contributed by atoms with E-state index in [1.807, 2.05) is 6.92 Å². The summed E-state index contributed by atoms with van der Waals surface area (Å²) in [5.41, 5.74) is 5.57. The van der Waals surface area contributed by atoms with Crippen molar-refractivity contribution in [3.63, 3.8) is 0 Å². The van der Waals surface area contributed by atoms with E-state index < -0.39 is 5.60 Å². The average Bonchev–Trinajstić information content (AvgIpc) is 2.24. The molecule has 1 aromatic rings. The zero-order valence-electron chi connectivity index (χ0n) is 9.34. The summed E-state index contributed by atoms with van der Waals surface area (Å²) in [6.45, 7) is 2.22. The Hall–Kier alpha value is -0.450. The summed E-state index contributed by atoms with van der Waals surface area (Å²) < 4.78 is 13.4. The van der Waals surface area contributed by atoms with E-state index in [1.165, 1.54) is 6.07 Å². The third kappa shape index (κ3) is 3.54. The summed E-state index contributed by atoms with van der Waals surface area (Å²) >= 11 is 3.13. The monoisotopic (exact) mass is 289 g/mol. The van der Waals surface area contributed by atoms with Crippen molar-refractivity contribution in [1.29, 1.82) is 0 Å². The molecule has 0 radical (unpaired) electrons. The molecule has 4 heteroatoms. The Labute approximate surface area is 104 Å². The standard InChI is InChI=1S/C12H17BrFNO/c1-2-5-12(16,8-15)7-9-3-4-11(14)10(13)6-9/h3-4,6,16H,2,5,7-8,15H2,1H3. The van der Waals surface area contributed by atoms with Crippen LogP contribution in [0.1, 0.15) is 25.3 Å². The summed E-state index contributed by atoms with van der Waals surface area (Å²) in [5.74, 6) is -0.296. The first-order chi connectivity index (χ1) is 7.50. The summed E-state index contributed by atoms with van der Waals surface area (Å²) in [5, 5.41) is 10.2. The molecule has 3 N–H and O–H groups in total. The van der Waals surface area contributed by atoms with Crippen LogP contribution in [0, 0.1) is 5.82 Å². The fourth-order valence-electron chi connectivity index (χ4n) is 1.76. The fourth-order valence-corrected chi connectivity index (χ4v) is 2.18. The van der Waals surface area contributed by atoms with Crippen molar-refractivity contribution >= 4 is 15.9 Å². The minimum absolute atomic E-state index is 0.218. The second-order valence-electron chi connectivity index (χ2n) is 4.10. The molecule has 0 heterocycles. The molecule has 0 spiro atoms. The smallest absolute Gasteiger partial charge is 0.137 e. The zero-order valence-corrected chi connectivity index (χ0v) is 10.9. The van der Waals surface area contributed by atoms with E-state index in [4.69, 9.17) is 5.73 Å². The Morgan fingerprint density at radius 1 is 1.50 bits per heavy atom. The highest BCUT2D eigenvalue weighted by Crippen LogP contribution is 2.22. The molecule has 16 heavy (non-hydrogen) atoms. The maximum Gasteiger partial charge on any atom is 0.137 e. The second kappa shape index (κ2) is 5.75. The number of rotatable bonds is 5. The minimum atomic E-state index is -0.883. The molecule has 1 atom stereocenters. The molecule has 0 aromatic heterocycles. The lowest BCUT2D eigenvalue weighted by atomic mass is 9.90. The summed E-state index contributed by atoms with van der Waals surface area (Å²) in [4.78, 5) is 0. The van der Waals surface area contributed by atoms with Gasteiger partial charge in [-0.3, -0.25) is 0 Å². The van der Waals surface area contributed by atoms with Gasteiger partial charge in [0.15, 0.2) is 0 Å². The van der Waals surface area contributed by atoms with E-state index >= 15 is 0 Å². The van der Waals surface area contributed by atoms with Gasteiger partial charge >= 0.3 is 0 Å². The number of hydrogen-bond acceptors (Lipinski definition) is 2. The van der Waals surface area contributed by atoms with Crippen LogP contribution in [0.4, 0.5) is 4.39 Å². The Morgan fingerprint density at radius 2 is 2.19 bits per heavy atom. The van der Waals surface area contributed by atoms with Gasteiger partial charge in [0.25, 0.3) is 0 Å². The van der Waals surface area contributed by atoms with E-state index in [9.17, 15) is 9.50 Å². The van der Waals surface area contributed by atoms with E-state index in [0.717, 1.165) is 12.0 Å². The van der Waals surface area contributed by atoms with E-state index in [2.05, 4.69) is 15.9 Å². The van der Waals surface area contributed by atoms with Crippen molar-refractivity contribution in [2.45, 2.75) is 31.8 Å². The van der Waals surface area contributed by atoms with Gasteiger partial charge in [0.2, 0.25) is 0 Å². The lowest BCUT2D eigenvalue weighted by Gasteiger charge is -2.26. The SMILES string of the molecule is CCCC(O)(CN)Cc1ccc(F)c(Br)c1. The van der Waals surface area contributed by atoms with Gasteiger partial charge in [-0.05, 0) is 40.0 Å². The highest BCUT2D eigenvalue weighted by molar-refractivity contribution is 9.10. The first-order valence-electron chi connectivity index (χ1n) is 5.37. The third-order valence-corrected chi connectivity index (χ3v) is 3.22. The van der Waals surface area contributed by atoms with Crippen LogP contribution in [0.15, 0.2) is 22.7 Å². The van der Waals surface area contributed by atoms with Crippen molar-refractivity contribution in [2.24, 2.45) is 5.73 Å². The first-order valence-corrected chi connectivity index (χ1v) is 6.16. The Bertz CT molecular complexity index is 359. The molecule has 0 saturated carbocycles. The molecule has 0 amide bonds. The largest absolute Gasteiger partial charge is 0.388 e. The van der Waals surface area contributed by atoms with E-state index in [1.54, 1.807) is 12.1 Å². The van der Waals surface area contributed by atoms with Gasteiger partial charge in [-0.1, -0.05) is 19.4 Å². The Morgan fingerprint density at radius 3 is 2.69 bits per heavy atom. The summed E-state index contributed by atoms with van der Waals surface area (Å²) in [7, 11) is 0. The van der Waals surface area contributed by atoms with Crippen LogP contribution >= 0.6 is 15.9 Å². The predicted octanol–water partition coefficient (Wildman–Crippen LogP) is 2.62. The van der Waals surface area contributed by atoms with Crippen LogP contribution in [0.5, 0.6) is 0 Å². The number of halogens is 2. The van der Waals surface area contributed by atoms with Crippen LogP contribution in [-0.4, -0.2) is 17.3 Å². The quantitative estimate of drug-likeness (QED) is 0.875. The highest BCUT2D eigenvalue weighted by atomic mass is 79.9. The highest BCUT2D eigenvalue weighted by Gasteiger charge is 2.24. The maximum absolute atomic E-state index is 13.0. The predicted molar refractivity (Wildman–Crippen MR) is 66.7 cm³/mol. The molecule has 0 aliphatic carbocycles. The number of hydrogen-bond donors (Lipinski definition) is 2. The van der Waals surface area contributed by atoms with Gasteiger partial charge in [0, 0.05) is 13.0 Å². The fraction of sp³-hybridized carbons (Fsp3) is 0.500. The van der Waals surface area contributed by atoms with Gasteiger partial charge in [0.05, 0.1) is 10.1 Å². The third-order valence-electron chi connectivity index (χ3n) is 2.61.